The van der Waals surface area contributed by atoms with Crippen LogP contribution in [0.25, 0.3) is 0 Å². The lowest BCUT2D eigenvalue weighted by atomic mass is 10.7. The van der Waals surface area contributed by atoms with Gasteiger partial charge in [-0.2, -0.15) is 0 Å². The van der Waals surface area contributed by atoms with Gasteiger partial charge in [0.05, 0.1) is 6.54 Å². The minimum absolute atomic E-state index is 0.264. The Morgan fingerprint density at radius 2 is 2.71 bits per heavy atom. The van der Waals surface area contributed by atoms with E-state index in [1.165, 1.54) is 4.90 Å². The third-order valence-electron chi connectivity index (χ3n) is 0.843. The van der Waals surface area contributed by atoms with E-state index in [0.717, 1.165) is 0 Å². The first-order chi connectivity index (χ1) is 3.30. The Kier molecular flexibility index (Phi) is 0.889. The average molecular weight is 100 g/mol. The van der Waals surface area contributed by atoms with Gasteiger partial charge in [0.1, 0.15) is 6.61 Å². The van der Waals surface area contributed by atoms with E-state index in [4.69, 9.17) is 0 Å². The van der Waals surface area contributed by atoms with Crippen molar-refractivity contribution in [3.63, 3.8) is 0 Å². The minimum Gasteiger partial charge on any atom is -0.447 e. The van der Waals surface area contributed by atoms with Gasteiger partial charge in [-0.25, -0.2) is 4.79 Å². The second-order valence-electron chi connectivity index (χ2n) is 1.37. The molecule has 7 heavy (non-hydrogen) atoms. The van der Waals surface area contributed by atoms with Crippen molar-refractivity contribution in [2.75, 3.05) is 13.7 Å². The third-order valence-corrected chi connectivity index (χ3v) is 0.843. The lowest BCUT2D eigenvalue weighted by molar-refractivity contribution is 0.163. The highest BCUT2D eigenvalue weighted by molar-refractivity contribution is 5.70. The van der Waals surface area contributed by atoms with Crippen LogP contribution in [0.15, 0.2) is 0 Å². The Morgan fingerprint density at radius 1 is 2.00 bits per heavy atom. The van der Waals surface area contributed by atoms with E-state index in [9.17, 15) is 4.79 Å². The summed E-state index contributed by atoms with van der Waals surface area (Å²) in [4.78, 5) is 11.7. The molecule has 3 heteroatoms. The molecule has 0 aliphatic carbocycles. The predicted octanol–water partition coefficient (Wildman–Crippen LogP) is 0.230. The summed E-state index contributed by atoms with van der Waals surface area (Å²) in [6.07, 6.45) is -0.264. The van der Waals surface area contributed by atoms with Crippen molar-refractivity contribution in [1.29, 1.82) is 0 Å². The third kappa shape index (κ3) is 0.656. The highest BCUT2D eigenvalue weighted by Crippen LogP contribution is 2.01. The number of nitrogens with zero attached hydrogens (tertiary/aromatic N) is 1. The highest BCUT2D eigenvalue weighted by atomic mass is 16.6. The Morgan fingerprint density at radius 3 is 2.86 bits per heavy atom. The van der Waals surface area contributed by atoms with Crippen LogP contribution >= 0.6 is 0 Å². The van der Waals surface area contributed by atoms with Crippen molar-refractivity contribution in [2.24, 2.45) is 0 Å². The fourth-order valence-electron chi connectivity index (χ4n) is 0.397. The summed E-state index contributed by atoms with van der Waals surface area (Å²) in [5, 5.41) is 0. The fourth-order valence-corrected chi connectivity index (χ4v) is 0.397. The maximum atomic E-state index is 10.2. The maximum absolute atomic E-state index is 10.2. The Hall–Kier alpha value is -0.730. The predicted molar refractivity (Wildman–Crippen MR) is 23.4 cm³/mol. The van der Waals surface area contributed by atoms with Crippen LogP contribution < -0.4 is 0 Å². The van der Waals surface area contributed by atoms with Gasteiger partial charge in [-0.05, 0) is 0 Å². The van der Waals surface area contributed by atoms with Gasteiger partial charge in [-0.15, -0.1) is 0 Å². The summed E-state index contributed by atoms with van der Waals surface area (Å²) in [5.41, 5.74) is 0. The second-order valence-corrected chi connectivity index (χ2v) is 1.37. The summed E-state index contributed by atoms with van der Waals surface area (Å²) in [6, 6.07) is 0. The number of cyclic esters (lactones) is 1. The van der Waals surface area contributed by atoms with Crippen molar-refractivity contribution in [3.05, 3.63) is 6.54 Å². The molecule has 0 aromatic carbocycles. The molecule has 1 amide bonds. The van der Waals surface area contributed by atoms with E-state index in [-0.39, 0.29) is 6.09 Å². The highest BCUT2D eigenvalue weighted by Gasteiger charge is 2.16. The molecule has 0 spiro atoms. The molecule has 0 unspecified atom stereocenters. The van der Waals surface area contributed by atoms with Gasteiger partial charge in [0.15, 0.2) is 0 Å². The largest absolute Gasteiger partial charge is 0.447 e. The number of ether oxygens (including phenoxy) is 1. The van der Waals surface area contributed by atoms with Gasteiger partial charge in [-0.1, -0.05) is 0 Å². The SMILES string of the molecule is CN1[CH]COC1=O. The summed E-state index contributed by atoms with van der Waals surface area (Å²) in [7, 11) is 1.66. The molecule has 1 aliphatic heterocycles. The lowest BCUT2D eigenvalue weighted by Gasteiger charge is -1.98. The maximum Gasteiger partial charge on any atom is 0.410 e. The van der Waals surface area contributed by atoms with Gasteiger partial charge in [0, 0.05) is 7.05 Å². The number of carbonyl (C=O) groups is 1. The van der Waals surface area contributed by atoms with Crippen LogP contribution in [0.5, 0.6) is 0 Å². The summed E-state index contributed by atoms with van der Waals surface area (Å²) < 4.78 is 4.50. The van der Waals surface area contributed by atoms with Gasteiger partial charge < -0.3 is 9.64 Å². The first-order valence-corrected chi connectivity index (χ1v) is 2.03. The smallest absolute Gasteiger partial charge is 0.410 e. The molecule has 1 aliphatic rings. The average Bonchev–Trinajstić information content (AvgIpc) is 1.91. The summed E-state index contributed by atoms with van der Waals surface area (Å²) in [6.45, 7) is 2.11. The number of hydrogen-bond acceptors (Lipinski definition) is 2. The zero-order valence-electron chi connectivity index (χ0n) is 4.05. The Balaban J connectivity index is 2.48. The van der Waals surface area contributed by atoms with E-state index in [1.54, 1.807) is 13.6 Å². The van der Waals surface area contributed by atoms with Crippen molar-refractivity contribution < 1.29 is 9.53 Å². The fraction of sp³-hybridized carbons (Fsp3) is 0.500. The molecule has 1 saturated heterocycles. The molecular weight excluding hydrogens is 94.0 g/mol. The van der Waals surface area contributed by atoms with Crippen LogP contribution in [0.4, 0.5) is 4.79 Å². The first kappa shape index (κ1) is 4.43. The molecule has 0 bridgehead atoms. The minimum atomic E-state index is -0.264. The number of amides is 1. The van der Waals surface area contributed by atoms with Gasteiger partial charge in [0.2, 0.25) is 0 Å². The van der Waals surface area contributed by atoms with E-state index in [2.05, 4.69) is 4.74 Å². The van der Waals surface area contributed by atoms with Crippen LogP contribution in [-0.4, -0.2) is 24.6 Å². The second kappa shape index (κ2) is 1.40. The van der Waals surface area contributed by atoms with Crippen LogP contribution in [0, 0.1) is 6.54 Å². The van der Waals surface area contributed by atoms with Crippen molar-refractivity contribution in [1.82, 2.24) is 4.90 Å². The Labute approximate surface area is 41.9 Å². The molecule has 39 valence electrons. The van der Waals surface area contributed by atoms with E-state index in [0.29, 0.717) is 6.61 Å². The standard InChI is InChI=1S/C4H6NO2/c1-5-2-3-7-4(5)6/h2H,3H2,1H3. The van der Waals surface area contributed by atoms with Crippen molar-refractivity contribution >= 4 is 6.09 Å². The summed E-state index contributed by atoms with van der Waals surface area (Å²) >= 11 is 0. The molecule has 1 rings (SSSR count). The first-order valence-electron chi connectivity index (χ1n) is 2.03. The van der Waals surface area contributed by atoms with E-state index >= 15 is 0 Å². The molecule has 3 nitrogen and oxygen atoms in total. The zero-order chi connectivity index (χ0) is 5.28. The normalized spacial score (nSPS) is 20.1. The molecular formula is C4H6NO2. The molecule has 0 atom stereocenters. The van der Waals surface area contributed by atoms with E-state index < -0.39 is 0 Å². The summed E-state index contributed by atoms with van der Waals surface area (Å²) in [5.74, 6) is 0. The van der Waals surface area contributed by atoms with Crippen LogP contribution in [-0.2, 0) is 4.74 Å². The topological polar surface area (TPSA) is 29.5 Å². The number of hydrogen-bond donors (Lipinski definition) is 0. The lowest BCUT2D eigenvalue weighted by Crippen LogP contribution is -2.13. The number of rotatable bonds is 0. The zero-order valence-corrected chi connectivity index (χ0v) is 4.05. The van der Waals surface area contributed by atoms with Crippen molar-refractivity contribution in [2.45, 2.75) is 0 Å². The van der Waals surface area contributed by atoms with Crippen LogP contribution in [0.3, 0.4) is 0 Å². The monoisotopic (exact) mass is 100 g/mol. The van der Waals surface area contributed by atoms with Gasteiger partial charge >= 0.3 is 6.09 Å². The molecule has 0 N–H and O–H groups in total. The quantitative estimate of drug-likeness (QED) is 0.436. The molecule has 0 aromatic heterocycles. The van der Waals surface area contributed by atoms with Gasteiger partial charge in [0.25, 0.3) is 0 Å². The molecule has 1 radical (unpaired) electrons. The Bertz CT molecular complexity index is 91.7. The van der Waals surface area contributed by atoms with Crippen LogP contribution in [0.1, 0.15) is 0 Å². The molecule has 1 heterocycles. The molecule has 0 saturated carbocycles. The van der Waals surface area contributed by atoms with E-state index in [1.807, 2.05) is 0 Å². The molecule has 1 fully saturated rings. The van der Waals surface area contributed by atoms with Crippen molar-refractivity contribution in [3.8, 4) is 0 Å². The number of likely N-dealkylation sites (N-methyl/N-ethyl adjacent to an activating group) is 1. The van der Waals surface area contributed by atoms with Gasteiger partial charge in [-0.3, -0.25) is 0 Å². The number of carbonyl (C=O) groups excluding carboxylic acids is 1. The molecule has 0 aromatic rings. The van der Waals surface area contributed by atoms with Crippen LogP contribution in [0.2, 0.25) is 0 Å².